The van der Waals surface area contributed by atoms with E-state index in [-0.39, 0.29) is 6.10 Å². The lowest BCUT2D eigenvalue weighted by molar-refractivity contribution is -0.0740. The Morgan fingerprint density at radius 2 is 2.00 bits per heavy atom. The van der Waals surface area contributed by atoms with Crippen LogP contribution < -0.4 is 5.32 Å². The molecule has 3 nitrogen and oxygen atoms in total. The van der Waals surface area contributed by atoms with Crippen LogP contribution in [0.2, 0.25) is 0 Å². The molecule has 3 aliphatic rings. The first-order chi connectivity index (χ1) is 10.4. The summed E-state index contributed by atoms with van der Waals surface area (Å²) in [5.41, 5.74) is 3.00. The molecule has 0 bridgehead atoms. The lowest BCUT2D eigenvalue weighted by Gasteiger charge is -2.42. The number of morpholine rings is 1. The van der Waals surface area contributed by atoms with Crippen LogP contribution in [-0.2, 0) is 4.74 Å². The first kappa shape index (κ1) is 13.7. The van der Waals surface area contributed by atoms with Crippen LogP contribution in [0.5, 0.6) is 0 Å². The van der Waals surface area contributed by atoms with E-state index in [2.05, 4.69) is 34.5 Å². The molecule has 1 heterocycles. The van der Waals surface area contributed by atoms with E-state index in [4.69, 9.17) is 4.74 Å². The van der Waals surface area contributed by atoms with E-state index in [0.717, 1.165) is 31.7 Å². The van der Waals surface area contributed by atoms with Crippen LogP contribution in [0.15, 0.2) is 24.3 Å². The summed E-state index contributed by atoms with van der Waals surface area (Å²) in [5, 5.41) is 3.32. The highest BCUT2D eigenvalue weighted by atomic mass is 16.5. The first-order valence-corrected chi connectivity index (χ1v) is 8.48. The van der Waals surface area contributed by atoms with Gasteiger partial charge in [-0.25, -0.2) is 0 Å². The van der Waals surface area contributed by atoms with Crippen molar-refractivity contribution in [3.05, 3.63) is 35.4 Å². The number of nitrogens with zero attached hydrogens (tertiary/aromatic N) is 1. The minimum Gasteiger partial charge on any atom is -0.374 e. The third kappa shape index (κ3) is 2.87. The molecule has 2 atom stereocenters. The molecule has 1 N–H and O–H groups in total. The van der Waals surface area contributed by atoms with E-state index in [1.165, 1.54) is 36.8 Å². The zero-order valence-corrected chi connectivity index (χ0v) is 12.9. The van der Waals surface area contributed by atoms with Crippen molar-refractivity contribution >= 4 is 0 Å². The second kappa shape index (κ2) is 5.71. The SMILES string of the molecule is CNCC1OCCN(C2CC2)C1c1cccc(C2CC2)c1. The van der Waals surface area contributed by atoms with Crippen molar-refractivity contribution in [3.8, 4) is 0 Å². The Bertz CT molecular complexity index is 494. The van der Waals surface area contributed by atoms with Crippen molar-refractivity contribution in [2.45, 2.75) is 49.8 Å². The highest BCUT2D eigenvalue weighted by Crippen LogP contribution is 2.43. The van der Waals surface area contributed by atoms with Gasteiger partial charge in [-0.05, 0) is 49.8 Å². The summed E-state index contributed by atoms with van der Waals surface area (Å²) in [6, 6.07) is 10.5. The normalized spacial score (nSPS) is 30.5. The molecule has 0 radical (unpaired) electrons. The fourth-order valence-electron chi connectivity index (χ4n) is 3.76. The van der Waals surface area contributed by atoms with Gasteiger partial charge in [-0.15, -0.1) is 0 Å². The quantitative estimate of drug-likeness (QED) is 0.900. The fraction of sp³-hybridized carbons (Fsp3) is 0.667. The molecule has 114 valence electrons. The molecule has 0 aromatic heterocycles. The van der Waals surface area contributed by atoms with Gasteiger partial charge < -0.3 is 10.1 Å². The molecule has 1 aliphatic heterocycles. The summed E-state index contributed by atoms with van der Waals surface area (Å²) in [7, 11) is 2.02. The predicted molar refractivity (Wildman–Crippen MR) is 84.6 cm³/mol. The zero-order chi connectivity index (χ0) is 14.2. The monoisotopic (exact) mass is 286 g/mol. The smallest absolute Gasteiger partial charge is 0.0896 e. The highest BCUT2D eigenvalue weighted by molar-refractivity contribution is 5.32. The minimum atomic E-state index is 0.277. The number of ether oxygens (including phenoxy) is 1. The van der Waals surface area contributed by atoms with Crippen LogP contribution in [-0.4, -0.2) is 43.8 Å². The summed E-state index contributed by atoms with van der Waals surface area (Å²) in [4.78, 5) is 2.71. The van der Waals surface area contributed by atoms with Gasteiger partial charge in [0, 0.05) is 19.1 Å². The topological polar surface area (TPSA) is 24.5 Å². The van der Waals surface area contributed by atoms with Gasteiger partial charge in [-0.1, -0.05) is 24.3 Å². The van der Waals surface area contributed by atoms with E-state index >= 15 is 0 Å². The Kier molecular flexibility index (Phi) is 3.74. The molecule has 21 heavy (non-hydrogen) atoms. The molecule has 0 amide bonds. The van der Waals surface area contributed by atoms with Crippen molar-refractivity contribution in [1.29, 1.82) is 0 Å². The zero-order valence-electron chi connectivity index (χ0n) is 12.9. The maximum Gasteiger partial charge on any atom is 0.0896 e. The minimum absolute atomic E-state index is 0.277. The maximum atomic E-state index is 6.11. The summed E-state index contributed by atoms with van der Waals surface area (Å²) in [5.74, 6) is 0.826. The van der Waals surface area contributed by atoms with Gasteiger partial charge in [0.2, 0.25) is 0 Å². The van der Waals surface area contributed by atoms with Crippen LogP contribution in [0.1, 0.15) is 48.8 Å². The largest absolute Gasteiger partial charge is 0.374 e. The average molecular weight is 286 g/mol. The molecule has 4 rings (SSSR count). The molecule has 1 aromatic rings. The molecule has 2 saturated carbocycles. The van der Waals surface area contributed by atoms with Crippen LogP contribution in [0.3, 0.4) is 0 Å². The van der Waals surface area contributed by atoms with E-state index in [1.54, 1.807) is 0 Å². The van der Waals surface area contributed by atoms with E-state index in [1.807, 2.05) is 7.05 Å². The van der Waals surface area contributed by atoms with E-state index in [0.29, 0.717) is 6.04 Å². The Labute approximate surface area is 127 Å². The van der Waals surface area contributed by atoms with Crippen LogP contribution in [0, 0.1) is 0 Å². The molecule has 1 saturated heterocycles. The Morgan fingerprint density at radius 3 is 2.71 bits per heavy atom. The summed E-state index contributed by atoms with van der Waals surface area (Å²) in [6.07, 6.45) is 5.75. The van der Waals surface area contributed by atoms with Crippen molar-refractivity contribution in [2.24, 2.45) is 0 Å². The van der Waals surface area contributed by atoms with E-state index in [9.17, 15) is 0 Å². The molecule has 1 aromatic carbocycles. The molecule has 0 spiro atoms. The van der Waals surface area contributed by atoms with Gasteiger partial charge in [0.1, 0.15) is 0 Å². The molecule has 3 heteroatoms. The summed E-state index contributed by atoms with van der Waals surface area (Å²) < 4.78 is 6.11. The second-order valence-corrected chi connectivity index (χ2v) is 6.83. The second-order valence-electron chi connectivity index (χ2n) is 6.83. The van der Waals surface area contributed by atoms with Gasteiger partial charge in [-0.2, -0.15) is 0 Å². The number of benzene rings is 1. The van der Waals surface area contributed by atoms with Crippen molar-refractivity contribution in [3.63, 3.8) is 0 Å². The lowest BCUT2D eigenvalue weighted by Crippen LogP contribution is -2.49. The summed E-state index contributed by atoms with van der Waals surface area (Å²) >= 11 is 0. The Morgan fingerprint density at radius 1 is 1.19 bits per heavy atom. The number of likely N-dealkylation sites (N-methyl/N-ethyl adjacent to an activating group) is 1. The van der Waals surface area contributed by atoms with Gasteiger partial charge >= 0.3 is 0 Å². The van der Waals surface area contributed by atoms with Gasteiger partial charge in [0.05, 0.1) is 18.8 Å². The number of hydrogen-bond acceptors (Lipinski definition) is 3. The van der Waals surface area contributed by atoms with Crippen LogP contribution >= 0.6 is 0 Å². The third-order valence-electron chi connectivity index (χ3n) is 5.11. The van der Waals surface area contributed by atoms with Gasteiger partial charge in [-0.3, -0.25) is 4.90 Å². The lowest BCUT2D eigenvalue weighted by atomic mass is 9.95. The number of hydrogen-bond donors (Lipinski definition) is 1. The standard InChI is InChI=1S/C18H26N2O/c1-19-12-17-18(20(9-10-21-17)16-7-8-16)15-4-2-3-14(11-15)13-5-6-13/h2-4,11,13,16-19H,5-10,12H2,1H3. The van der Waals surface area contributed by atoms with Crippen LogP contribution in [0.4, 0.5) is 0 Å². The number of nitrogens with one attached hydrogen (secondary N) is 1. The molecular weight excluding hydrogens is 260 g/mol. The molecular formula is C18H26N2O. The summed E-state index contributed by atoms with van der Waals surface area (Å²) in [6.45, 7) is 2.90. The van der Waals surface area contributed by atoms with Crippen molar-refractivity contribution < 1.29 is 4.74 Å². The average Bonchev–Trinajstić information content (AvgIpc) is 3.41. The fourth-order valence-corrected chi connectivity index (χ4v) is 3.76. The van der Waals surface area contributed by atoms with Crippen molar-refractivity contribution in [1.82, 2.24) is 10.2 Å². The Hall–Kier alpha value is -0.900. The van der Waals surface area contributed by atoms with Gasteiger partial charge in [0.25, 0.3) is 0 Å². The van der Waals surface area contributed by atoms with Crippen molar-refractivity contribution in [2.75, 3.05) is 26.7 Å². The molecule has 2 aliphatic carbocycles. The van der Waals surface area contributed by atoms with E-state index < -0.39 is 0 Å². The highest BCUT2D eigenvalue weighted by Gasteiger charge is 2.41. The third-order valence-corrected chi connectivity index (χ3v) is 5.11. The molecule has 3 fully saturated rings. The number of rotatable bonds is 5. The first-order valence-electron chi connectivity index (χ1n) is 8.48. The predicted octanol–water partition coefficient (Wildman–Crippen LogP) is 2.69. The Balaban J connectivity index is 1.64. The maximum absolute atomic E-state index is 6.11. The van der Waals surface area contributed by atoms with Crippen LogP contribution in [0.25, 0.3) is 0 Å². The van der Waals surface area contributed by atoms with Gasteiger partial charge in [0.15, 0.2) is 0 Å². The molecule has 2 unspecified atom stereocenters.